The van der Waals surface area contributed by atoms with E-state index in [0.29, 0.717) is 23.4 Å². The summed E-state index contributed by atoms with van der Waals surface area (Å²) in [4.78, 5) is 12.0. The molecule has 0 fully saturated rings. The van der Waals surface area contributed by atoms with Crippen LogP contribution in [0, 0.1) is 6.92 Å². The predicted octanol–water partition coefficient (Wildman–Crippen LogP) is 3.79. The number of carbonyl (C=O) groups is 1. The van der Waals surface area contributed by atoms with Gasteiger partial charge in [-0.15, -0.1) is 10.2 Å². The minimum Gasteiger partial charge on any atom is -0.485 e. The number of unbranched alkanes of at least 4 members (excludes halogenated alkanes) is 3. The summed E-state index contributed by atoms with van der Waals surface area (Å²) in [5.41, 5.74) is 2.28. The standard InChI is InChI=1S/C21H33N5O2S/c1-5-6-7-8-11-23-20(27)14-29-21-25-24-19(26(21)22)13-28-18-12-16(4)9-10-17(18)15(2)3/h9-10,12,15H,5-8,11,13-14,22H2,1-4H3,(H,23,27). The number of thioether (sulfide) groups is 1. The monoisotopic (exact) mass is 419 g/mol. The van der Waals surface area contributed by atoms with Gasteiger partial charge in [-0.2, -0.15) is 0 Å². The molecule has 0 atom stereocenters. The maximum Gasteiger partial charge on any atom is 0.230 e. The molecule has 7 nitrogen and oxygen atoms in total. The SMILES string of the molecule is CCCCCCNC(=O)CSc1nnc(COc2cc(C)ccc2C(C)C)n1N. The second kappa shape index (κ2) is 11.7. The third-order valence-corrected chi connectivity index (χ3v) is 5.51. The van der Waals surface area contributed by atoms with Crippen molar-refractivity contribution in [3.63, 3.8) is 0 Å². The molecule has 8 heteroatoms. The summed E-state index contributed by atoms with van der Waals surface area (Å²) in [7, 11) is 0. The van der Waals surface area contributed by atoms with Gasteiger partial charge in [0.1, 0.15) is 12.4 Å². The van der Waals surface area contributed by atoms with Gasteiger partial charge in [-0.3, -0.25) is 4.79 Å². The van der Waals surface area contributed by atoms with Crippen molar-refractivity contribution in [3.05, 3.63) is 35.2 Å². The van der Waals surface area contributed by atoms with Crippen LogP contribution in [0.25, 0.3) is 0 Å². The van der Waals surface area contributed by atoms with E-state index in [1.807, 2.05) is 13.0 Å². The molecule has 0 spiro atoms. The van der Waals surface area contributed by atoms with E-state index in [-0.39, 0.29) is 18.3 Å². The van der Waals surface area contributed by atoms with E-state index in [9.17, 15) is 4.79 Å². The van der Waals surface area contributed by atoms with Gasteiger partial charge in [0.25, 0.3) is 0 Å². The van der Waals surface area contributed by atoms with Crippen LogP contribution in [0.1, 0.15) is 69.3 Å². The fourth-order valence-electron chi connectivity index (χ4n) is 2.85. The Morgan fingerprint density at radius 1 is 1.28 bits per heavy atom. The minimum absolute atomic E-state index is 0.0198. The first-order chi connectivity index (χ1) is 13.9. The van der Waals surface area contributed by atoms with Gasteiger partial charge in [-0.05, 0) is 36.5 Å². The van der Waals surface area contributed by atoms with Gasteiger partial charge in [-0.25, -0.2) is 4.68 Å². The Labute approximate surface area is 177 Å². The molecule has 1 amide bonds. The second-order valence-electron chi connectivity index (χ2n) is 7.45. The number of nitrogens with zero attached hydrogens (tertiary/aromatic N) is 3. The number of carbonyl (C=O) groups excluding carboxylic acids is 1. The summed E-state index contributed by atoms with van der Waals surface area (Å²) in [5.74, 6) is 8.04. The number of aromatic nitrogens is 3. The fraction of sp³-hybridized carbons (Fsp3) is 0.571. The summed E-state index contributed by atoms with van der Waals surface area (Å²) in [5, 5.41) is 11.6. The van der Waals surface area contributed by atoms with Crippen LogP contribution in [0.15, 0.2) is 23.4 Å². The zero-order chi connectivity index (χ0) is 21.2. The number of amides is 1. The molecule has 0 aliphatic heterocycles. The number of aryl methyl sites for hydroxylation is 1. The Morgan fingerprint density at radius 3 is 2.79 bits per heavy atom. The zero-order valence-electron chi connectivity index (χ0n) is 17.9. The molecule has 29 heavy (non-hydrogen) atoms. The molecule has 0 radical (unpaired) electrons. The number of rotatable bonds is 12. The summed E-state index contributed by atoms with van der Waals surface area (Å²) in [6.07, 6.45) is 4.54. The van der Waals surface area contributed by atoms with Crippen molar-refractivity contribution in [3.8, 4) is 5.75 Å². The van der Waals surface area contributed by atoms with Gasteiger partial charge in [0.05, 0.1) is 5.75 Å². The quantitative estimate of drug-likeness (QED) is 0.309. The third kappa shape index (κ3) is 7.27. The van der Waals surface area contributed by atoms with Crippen LogP contribution < -0.4 is 15.9 Å². The lowest BCUT2D eigenvalue weighted by Crippen LogP contribution is -2.26. The number of nitrogen functional groups attached to an aromatic ring is 1. The summed E-state index contributed by atoms with van der Waals surface area (Å²) in [6, 6.07) is 6.19. The number of ether oxygens (including phenoxy) is 1. The van der Waals surface area contributed by atoms with Crippen molar-refractivity contribution in [1.82, 2.24) is 20.2 Å². The molecule has 1 aromatic carbocycles. The lowest BCUT2D eigenvalue weighted by Gasteiger charge is -2.14. The lowest BCUT2D eigenvalue weighted by atomic mass is 10.0. The molecule has 0 bridgehead atoms. The molecule has 0 saturated heterocycles. The van der Waals surface area contributed by atoms with Gasteiger partial charge < -0.3 is 15.9 Å². The van der Waals surface area contributed by atoms with Crippen LogP contribution in [0.3, 0.4) is 0 Å². The van der Waals surface area contributed by atoms with E-state index >= 15 is 0 Å². The first-order valence-corrected chi connectivity index (χ1v) is 11.2. The van der Waals surface area contributed by atoms with Crippen molar-refractivity contribution in [1.29, 1.82) is 0 Å². The van der Waals surface area contributed by atoms with Crippen molar-refractivity contribution in [2.45, 2.75) is 71.1 Å². The molecule has 2 aromatic rings. The Hall–Kier alpha value is -2.22. The first kappa shape index (κ1) is 23.1. The minimum atomic E-state index is -0.0198. The van der Waals surface area contributed by atoms with Gasteiger partial charge >= 0.3 is 0 Å². The van der Waals surface area contributed by atoms with E-state index in [2.05, 4.69) is 48.4 Å². The Balaban J connectivity index is 1.85. The molecular formula is C21H33N5O2S. The second-order valence-corrected chi connectivity index (χ2v) is 8.40. The highest BCUT2D eigenvalue weighted by atomic mass is 32.2. The largest absolute Gasteiger partial charge is 0.485 e. The van der Waals surface area contributed by atoms with E-state index in [0.717, 1.165) is 29.7 Å². The van der Waals surface area contributed by atoms with Crippen LogP contribution in [-0.2, 0) is 11.4 Å². The van der Waals surface area contributed by atoms with Gasteiger partial charge in [0, 0.05) is 6.54 Å². The molecule has 160 valence electrons. The molecule has 2 rings (SSSR count). The fourth-order valence-corrected chi connectivity index (χ4v) is 3.56. The number of hydrogen-bond donors (Lipinski definition) is 2. The van der Waals surface area contributed by atoms with Crippen molar-refractivity contribution in [2.75, 3.05) is 18.1 Å². The summed E-state index contributed by atoms with van der Waals surface area (Å²) >= 11 is 1.27. The van der Waals surface area contributed by atoms with Crippen LogP contribution >= 0.6 is 11.8 Å². The predicted molar refractivity (Wildman–Crippen MR) is 118 cm³/mol. The van der Waals surface area contributed by atoms with E-state index in [4.69, 9.17) is 10.6 Å². The smallest absolute Gasteiger partial charge is 0.230 e. The van der Waals surface area contributed by atoms with Gasteiger partial charge in [0.2, 0.25) is 11.1 Å². The highest BCUT2D eigenvalue weighted by Gasteiger charge is 2.14. The van der Waals surface area contributed by atoms with Crippen LogP contribution in [0.4, 0.5) is 0 Å². The third-order valence-electron chi connectivity index (χ3n) is 4.57. The van der Waals surface area contributed by atoms with Crippen molar-refractivity contribution >= 4 is 17.7 Å². The molecule has 0 aliphatic rings. The molecule has 3 N–H and O–H groups in total. The Kier molecular flexibility index (Phi) is 9.31. The average molecular weight is 420 g/mol. The maximum absolute atomic E-state index is 12.0. The topological polar surface area (TPSA) is 95.1 Å². The Morgan fingerprint density at radius 2 is 2.07 bits per heavy atom. The number of hydrogen-bond acceptors (Lipinski definition) is 6. The average Bonchev–Trinajstić information content (AvgIpc) is 3.04. The molecule has 0 aliphatic carbocycles. The number of nitrogens with two attached hydrogens (primary N) is 1. The van der Waals surface area contributed by atoms with Crippen LogP contribution in [0.5, 0.6) is 5.75 Å². The normalized spacial score (nSPS) is 11.1. The van der Waals surface area contributed by atoms with Crippen molar-refractivity contribution in [2.24, 2.45) is 0 Å². The molecular weight excluding hydrogens is 386 g/mol. The van der Waals surface area contributed by atoms with Gasteiger partial charge in [0.15, 0.2) is 5.82 Å². The summed E-state index contributed by atoms with van der Waals surface area (Å²) < 4.78 is 7.37. The highest BCUT2D eigenvalue weighted by Crippen LogP contribution is 2.28. The summed E-state index contributed by atoms with van der Waals surface area (Å²) in [6.45, 7) is 9.39. The highest BCUT2D eigenvalue weighted by molar-refractivity contribution is 7.99. The van der Waals surface area contributed by atoms with Crippen LogP contribution in [0.2, 0.25) is 0 Å². The first-order valence-electron chi connectivity index (χ1n) is 10.2. The molecule has 0 saturated carbocycles. The number of benzene rings is 1. The Bertz CT molecular complexity index is 791. The van der Waals surface area contributed by atoms with Crippen molar-refractivity contribution < 1.29 is 9.53 Å². The van der Waals surface area contributed by atoms with E-state index in [1.54, 1.807) is 0 Å². The molecule has 1 heterocycles. The maximum atomic E-state index is 12.0. The van der Waals surface area contributed by atoms with E-state index in [1.165, 1.54) is 29.3 Å². The van der Waals surface area contributed by atoms with Crippen LogP contribution in [-0.4, -0.2) is 33.1 Å². The van der Waals surface area contributed by atoms with E-state index < -0.39 is 0 Å². The molecule has 0 unspecified atom stereocenters. The number of nitrogens with one attached hydrogen (secondary N) is 1. The van der Waals surface area contributed by atoms with Gasteiger partial charge in [-0.1, -0.05) is 63.9 Å². The molecule has 1 aromatic heterocycles. The lowest BCUT2D eigenvalue weighted by molar-refractivity contribution is -0.118. The zero-order valence-corrected chi connectivity index (χ0v) is 18.7.